The molecule has 1 N–H and O–H groups in total. The Hall–Kier alpha value is -0.980. The Morgan fingerprint density at radius 1 is 1.29 bits per heavy atom. The van der Waals surface area contributed by atoms with Gasteiger partial charge in [0.15, 0.2) is 0 Å². The van der Waals surface area contributed by atoms with E-state index in [1.54, 1.807) is 7.11 Å². The third kappa shape index (κ3) is 4.25. The lowest BCUT2D eigenvalue weighted by Gasteiger charge is -2.29. The maximum absolute atomic E-state index is 9.75. The van der Waals surface area contributed by atoms with Gasteiger partial charge in [0.2, 0.25) is 11.7 Å². The lowest BCUT2D eigenvalue weighted by atomic mass is 9.93. The van der Waals surface area contributed by atoms with Crippen LogP contribution in [0.1, 0.15) is 57.2 Å². The summed E-state index contributed by atoms with van der Waals surface area (Å²) in [4.78, 5) is 4.47. The number of hydrogen-bond acceptors (Lipinski definition) is 6. The molecule has 1 saturated carbocycles. The van der Waals surface area contributed by atoms with Gasteiger partial charge < -0.3 is 19.1 Å². The van der Waals surface area contributed by atoms with Gasteiger partial charge in [0.05, 0.1) is 19.1 Å². The fourth-order valence-corrected chi connectivity index (χ4v) is 2.98. The van der Waals surface area contributed by atoms with Crippen molar-refractivity contribution in [2.45, 2.75) is 63.6 Å². The zero-order valence-electron chi connectivity index (χ0n) is 13.0. The zero-order chi connectivity index (χ0) is 15.1. The second-order valence-corrected chi connectivity index (χ2v) is 5.67. The van der Waals surface area contributed by atoms with Gasteiger partial charge in [-0.25, -0.2) is 0 Å². The third-order valence-electron chi connectivity index (χ3n) is 3.98. The van der Waals surface area contributed by atoms with Crippen LogP contribution in [0, 0.1) is 0 Å². The first-order valence-electron chi connectivity index (χ1n) is 7.84. The van der Waals surface area contributed by atoms with Crippen LogP contribution in [-0.2, 0) is 21.5 Å². The first kappa shape index (κ1) is 16.4. The number of aromatic nitrogens is 2. The molecular formula is C15H26N2O4. The highest BCUT2D eigenvalue weighted by molar-refractivity contribution is 5.03. The fourth-order valence-electron chi connectivity index (χ4n) is 2.98. The third-order valence-corrected chi connectivity index (χ3v) is 3.98. The Morgan fingerprint density at radius 3 is 2.62 bits per heavy atom. The SMILES string of the molecule is CCOC1(c2noc(CC(O)COC)n2)CCCCCC1. The maximum Gasteiger partial charge on any atom is 0.229 e. The van der Waals surface area contributed by atoms with Crippen molar-refractivity contribution in [2.24, 2.45) is 0 Å². The van der Waals surface area contributed by atoms with Crippen molar-refractivity contribution >= 4 is 0 Å². The topological polar surface area (TPSA) is 77.6 Å². The largest absolute Gasteiger partial charge is 0.390 e. The summed E-state index contributed by atoms with van der Waals surface area (Å²) >= 11 is 0. The van der Waals surface area contributed by atoms with E-state index in [0.717, 1.165) is 25.7 Å². The summed E-state index contributed by atoms with van der Waals surface area (Å²) in [6.45, 7) is 2.89. The molecule has 1 aliphatic carbocycles. The summed E-state index contributed by atoms with van der Waals surface area (Å²) in [7, 11) is 1.55. The molecule has 6 heteroatoms. The van der Waals surface area contributed by atoms with E-state index in [1.807, 2.05) is 6.92 Å². The normalized spacial score (nSPS) is 20.1. The molecule has 1 unspecified atom stereocenters. The quantitative estimate of drug-likeness (QED) is 0.778. The summed E-state index contributed by atoms with van der Waals surface area (Å²) < 4.78 is 16.2. The first-order valence-corrected chi connectivity index (χ1v) is 7.84. The van der Waals surface area contributed by atoms with Crippen molar-refractivity contribution in [3.05, 3.63) is 11.7 Å². The van der Waals surface area contributed by atoms with Crippen molar-refractivity contribution in [2.75, 3.05) is 20.3 Å². The van der Waals surface area contributed by atoms with Crippen LogP contribution in [0.2, 0.25) is 0 Å². The van der Waals surface area contributed by atoms with Gasteiger partial charge in [-0.1, -0.05) is 30.8 Å². The van der Waals surface area contributed by atoms with E-state index in [9.17, 15) is 5.11 Å². The second-order valence-electron chi connectivity index (χ2n) is 5.67. The summed E-state index contributed by atoms with van der Waals surface area (Å²) in [5, 5.41) is 13.9. The second kappa shape index (κ2) is 7.87. The molecule has 0 bridgehead atoms. The van der Waals surface area contributed by atoms with Crippen LogP contribution in [-0.4, -0.2) is 41.7 Å². The number of aliphatic hydroxyl groups is 1. The molecule has 0 spiro atoms. The highest BCUT2D eigenvalue weighted by Gasteiger charge is 2.38. The Morgan fingerprint density at radius 2 is 2.00 bits per heavy atom. The van der Waals surface area contributed by atoms with E-state index in [0.29, 0.717) is 24.7 Å². The minimum Gasteiger partial charge on any atom is -0.390 e. The molecule has 6 nitrogen and oxygen atoms in total. The zero-order valence-corrected chi connectivity index (χ0v) is 13.0. The van der Waals surface area contributed by atoms with Gasteiger partial charge in [0.1, 0.15) is 5.60 Å². The van der Waals surface area contributed by atoms with E-state index < -0.39 is 11.7 Å². The number of rotatable bonds is 7. The smallest absolute Gasteiger partial charge is 0.229 e. The van der Waals surface area contributed by atoms with Crippen LogP contribution in [0.15, 0.2) is 4.52 Å². The van der Waals surface area contributed by atoms with E-state index >= 15 is 0 Å². The molecule has 1 aromatic heterocycles. The van der Waals surface area contributed by atoms with Crippen molar-refractivity contribution in [3.63, 3.8) is 0 Å². The number of methoxy groups -OCH3 is 1. The highest BCUT2D eigenvalue weighted by Crippen LogP contribution is 2.38. The van der Waals surface area contributed by atoms with Crippen molar-refractivity contribution in [3.8, 4) is 0 Å². The van der Waals surface area contributed by atoms with Crippen LogP contribution in [0.4, 0.5) is 0 Å². The molecule has 2 rings (SSSR count). The predicted octanol–water partition coefficient (Wildman–Crippen LogP) is 2.21. The van der Waals surface area contributed by atoms with Crippen molar-refractivity contribution in [1.29, 1.82) is 0 Å². The van der Waals surface area contributed by atoms with E-state index in [2.05, 4.69) is 10.1 Å². The van der Waals surface area contributed by atoms with Gasteiger partial charge in [-0.3, -0.25) is 0 Å². The molecule has 0 radical (unpaired) electrons. The van der Waals surface area contributed by atoms with Crippen LogP contribution in [0.3, 0.4) is 0 Å². The van der Waals surface area contributed by atoms with Crippen LogP contribution in [0.5, 0.6) is 0 Å². The molecular weight excluding hydrogens is 272 g/mol. The number of nitrogens with zero attached hydrogens (tertiary/aromatic N) is 2. The number of aliphatic hydroxyl groups excluding tert-OH is 1. The maximum atomic E-state index is 9.75. The van der Waals surface area contributed by atoms with Gasteiger partial charge in [-0.2, -0.15) is 4.98 Å². The number of hydrogen-bond donors (Lipinski definition) is 1. The molecule has 1 atom stereocenters. The van der Waals surface area contributed by atoms with Crippen LogP contribution < -0.4 is 0 Å². The minimum absolute atomic E-state index is 0.258. The lowest BCUT2D eigenvalue weighted by Crippen LogP contribution is -2.31. The molecule has 1 fully saturated rings. The molecule has 1 aromatic rings. The Kier molecular flexibility index (Phi) is 6.14. The van der Waals surface area contributed by atoms with Crippen molar-refractivity contribution < 1.29 is 19.1 Å². The average molecular weight is 298 g/mol. The molecule has 0 saturated heterocycles. The summed E-state index contributed by atoms with van der Waals surface area (Å²) in [5.74, 6) is 1.07. The van der Waals surface area contributed by atoms with Gasteiger partial charge in [-0.15, -0.1) is 0 Å². The molecule has 21 heavy (non-hydrogen) atoms. The molecule has 0 amide bonds. The predicted molar refractivity (Wildman–Crippen MR) is 76.9 cm³/mol. The van der Waals surface area contributed by atoms with Gasteiger partial charge in [-0.05, 0) is 19.8 Å². The average Bonchev–Trinajstić information content (AvgIpc) is 2.79. The number of ether oxygens (including phenoxy) is 2. The van der Waals surface area contributed by atoms with E-state index in [4.69, 9.17) is 14.0 Å². The monoisotopic (exact) mass is 298 g/mol. The molecule has 0 aromatic carbocycles. The first-order chi connectivity index (χ1) is 10.2. The van der Waals surface area contributed by atoms with Gasteiger partial charge in [0, 0.05) is 13.7 Å². The standard InChI is InChI=1S/C15H26N2O4/c1-3-20-15(8-6-4-5-7-9-15)14-16-13(21-17-14)10-12(18)11-19-2/h12,18H,3-11H2,1-2H3. The summed E-state index contributed by atoms with van der Waals surface area (Å²) in [5.41, 5.74) is -0.417. The van der Waals surface area contributed by atoms with Gasteiger partial charge in [0.25, 0.3) is 0 Å². The van der Waals surface area contributed by atoms with Crippen LogP contribution in [0.25, 0.3) is 0 Å². The van der Waals surface area contributed by atoms with Gasteiger partial charge >= 0.3 is 0 Å². The fraction of sp³-hybridized carbons (Fsp3) is 0.867. The summed E-state index contributed by atoms with van der Waals surface area (Å²) in [6, 6.07) is 0. The molecule has 1 heterocycles. The van der Waals surface area contributed by atoms with Crippen molar-refractivity contribution in [1.82, 2.24) is 10.1 Å². The highest BCUT2D eigenvalue weighted by atomic mass is 16.5. The van der Waals surface area contributed by atoms with Crippen LogP contribution >= 0.6 is 0 Å². The Bertz CT molecular complexity index is 414. The minimum atomic E-state index is -0.625. The Labute approximate surface area is 125 Å². The van der Waals surface area contributed by atoms with E-state index in [1.165, 1.54) is 12.8 Å². The molecule has 120 valence electrons. The molecule has 0 aliphatic heterocycles. The van der Waals surface area contributed by atoms with E-state index in [-0.39, 0.29) is 6.61 Å². The lowest BCUT2D eigenvalue weighted by molar-refractivity contribution is -0.0636. The Balaban J connectivity index is 2.11. The molecule has 1 aliphatic rings. The summed E-state index contributed by atoms with van der Waals surface area (Å²) in [6.07, 6.45) is 6.24.